The third-order valence-electron chi connectivity index (χ3n) is 3.57. The maximum Gasteiger partial charge on any atom is 0.115 e. The lowest BCUT2D eigenvalue weighted by Gasteiger charge is -2.08. The summed E-state index contributed by atoms with van der Waals surface area (Å²) in [5, 5.41) is 9.47. The molecule has 0 spiro atoms. The molecule has 3 rings (SSSR count). The Morgan fingerprint density at radius 3 is 2.53 bits per heavy atom. The highest BCUT2D eigenvalue weighted by atomic mass is 16.3. The number of benzene rings is 2. The van der Waals surface area contributed by atoms with Gasteiger partial charge in [0.25, 0.3) is 0 Å². The predicted octanol–water partition coefficient (Wildman–Crippen LogP) is 3.35. The maximum absolute atomic E-state index is 9.47. The van der Waals surface area contributed by atoms with Crippen LogP contribution in [0.25, 0.3) is 0 Å². The molecule has 1 aliphatic rings. The minimum Gasteiger partial charge on any atom is -0.508 e. The molecule has 0 radical (unpaired) electrons. The first kappa shape index (κ1) is 10.4. The minimum atomic E-state index is 0.393. The Kier molecular flexibility index (Phi) is 2.60. The molecule has 1 aliphatic carbocycles. The normalized spacial score (nSPS) is 18.0. The largest absolute Gasteiger partial charge is 0.508 e. The standard InChI is InChI=1S/C16H16O/c17-16-7-6-14-9-13(10-15(14)11-16)8-12-4-2-1-3-5-12/h1-7,11,13,17H,8-10H2. The highest BCUT2D eigenvalue weighted by Crippen LogP contribution is 2.31. The fourth-order valence-electron chi connectivity index (χ4n) is 2.79. The van der Waals surface area contributed by atoms with Crippen LogP contribution in [0.3, 0.4) is 0 Å². The molecular formula is C16H16O. The van der Waals surface area contributed by atoms with Crippen LogP contribution in [-0.4, -0.2) is 5.11 Å². The molecular weight excluding hydrogens is 208 g/mol. The molecule has 0 saturated carbocycles. The Morgan fingerprint density at radius 2 is 1.71 bits per heavy atom. The molecule has 0 saturated heterocycles. The summed E-state index contributed by atoms with van der Waals surface area (Å²) in [5.74, 6) is 1.08. The van der Waals surface area contributed by atoms with E-state index in [1.54, 1.807) is 6.07 Å². The number of hydrogen-bond donors (Lipinski definition) is 1. The summed E-state index contributed by atoms with van der Waals surface area (Å²) in [5.41, 5.74) is 4.14. The summed E-state index contributed by atoms with van der Waals surface area (Å²) in [4.78, 5) is 0. The lowest BCUT2D eigenvalue weighted by Crippen LogP contribution is -2.03. The van der Waals surface area contributed by atoms with Gasteiger partial charge in [0.05, 0.1) is 0 Å². The van der Waals surface area contributed by atoms with Crippen molar-refractivity contribution >= 4 is 0 Å². The third-order valence-corrected chi connectivity index (χ3v) is 3.57. The molecule has 1 heteroatoms. The second kappa shape index (κ2) is 4.25. The van der Waals surface area contributed by atoms with Gasteiger partial charge in [-0.25, -0.2) is 0 Å². The smallest absolute Gasteiger partial charge is 0.115 e. The van der Waals surface area contributed by atoms with E-state index in [1.807, 2.05) is 6.07 Å². The van der Waals surface area contributed by atoms with Gasteiger partial charge in [0.2, 0.25) is 0 Å². The van der Waals surface area contributed by atoms with E-state index < -0.39 is 0 Å². The highest BCUT2D eigenvalue weighted by molar-refractivity contribution is 5.38. The van der Waals surface area contributed by atoms with Gasteiger partial charge >= 0.3 is 0 Å². The Bertz CT molecular complexity index is 516. The van der Waals surface area contributed by atoms with E-state index in [2.05, 4.69) is 36.4 Å². The molecule has 17 heavy (non-hydrogen) atoms. The summed E-state index contributed by atoms with van der Waals surface area (Å²) >= 11 is 0. The summed E-state index contributed by atoms with van der Waals surface area (Å²) in [6, 6.07) is 16.4. The minimum absolute atomic E-state index is 0.393. The van der Waals surface area contributed by atoms with Crippen LogP contribution in [0.15, 0.2) is 48.5 Å². The van der Waals surface area contributed by atoms with E-state index in [4.69, 9.17) is 0 Å². The van der Waals surface area contributed by atoms with E-state index in [0.29, 0.717) is 11.7 Å². The Labute approximate surface area is 102 Å². The molecule has 1 atom stereocenters. The predicted molar refractivity (Wildman–Crippen MR) is 69.2 cm³/mol. The van der Waals surface area contributed by atoms with Crippen LogP contribution in [0, 0.1) is 5.92 Å². The SMILES string of the molecule is Oc1ccc2c(c1)CC(Cc1ccccc1)C2. The van der Waals surface area contributed by atoms with Gasteiger partial charge in [0, 0.05) is 0 Å². The topological polar surface area (TPSA) is 20.2 Å². The zero-order valence-electron chi connectivity index (χ0n) is 9.76. The molecule has 0 aliphatic heterocycles. The van der Waals surface area contributed by atoms with Gasteiger partial charge < -0.3 is 5.11 Å². The van der Waals surface area contributed by atoms with Crippen LogP contribution in [0.4, 0.5) is 0 Å². The van der Waals surface area contributed by atoms with Gasteiger partial charge in [-0.15, -0.1) is 0 Å². The number of phenols is 1. The molecule has 1 N–H and O–H groups in total. The van der Waals surface area contributed by atoms with Crippen molar-refractivity contribution in [2.45, 2.75) is 19.3 Å². The van der Waals surface area contributed by atoms with Crippen LogP contribution in [0.5, 0.6) is 5.75 Å². The van der Waals surface area contributed by atoms with Crippen molar-refractivity contribution < 1.29 is 5.11 Å². The Hall–Kier alpha value is -1.76. The van der Waals surface area contributed by atoms with Gasteiger partial charge in [0.15, 0.2) is 0 Å². The third kappa shape index (κ3) is 2.19. The maximum atomic E-state index is 9.47. The average Bonchev–Trinajstić information content (AvgIpc) is 2.71. The molecule has 0 aromatic heterocycles. The summed E-state index contributed by atoms with van der Waals surface area (Å²) < 4.78 is 0. The monoisotopic (exact) mass is 224 g/mol. The first-order chi connectivity index (χ1) is 8.31. The molecule has 0 amide bonds. The second-order valence-electron chi connectivity index (χ2n) is 4.92. The lowest BCUT2D eigenvalue weighted by molar-refractivity contribution is 0.474. The first-order valence-corrected chi connectivity index (χ1v) is 6.16. The van der Waals surface area contributed by atoms with Crippen molar-refractivity contribution in [3.63, 3.8) is 0 Å². The first-order valence-electron chi connectivity index (χ1n) is 6.16. The molecule has 0 bridgehead atoms. The summed E-state index contributed by atoms with van der Waals surface area (Å²) in [6.45, 7) is 0. The fourth-order valence-corrected chi connectivity index (χ4v) is 2.79. The van der Waals surface area contributed by atoms with Crippen molar-refractivity contribution in [2.75, 3.05) is 0 Å². The molecule has 2 aromatic rings. The Morgan fingerprint density at radius 1 is 0.941 bits per heavy atom. The van der Waals surface area contributed by atoms with E-state index in [-0.39, 0.29) is 0 Å². The number of aromatic hydroxyl groups is 1. The van der Waals surface area contributed by atoms with Crippen molar-refractivity contribution in [1.82, 2.24) is 0 Å². The summed E-state index contributed by atoms with van der Waals surface area (Å²) in [6.07, 6.45) is 3.37. The number of fused-ring (bicyclic) bond motifs is 1. The van der Waals surface area contributed by atoms with Crippen molar-refractivity contribution in [3.05, 3.63) is 65.2 Å². The summed E-state index contributed by atoms with van der Waals surface area (Å²) in [7, 11) is 0. The second-order valence-corrected chi connectivity index (χ2v) is 4.92. The van der Waals surface area contributed by atoms with Crippen LogP contribution in [-0.2, 0) is 19.3 Å². The van der Waals surface area contributed by atoms with Crippen molar-refractivity contribution in [3.8, 4) is 5.75 Å². The van der Waals surface area contributed by atoms with E-state index >= 15 is 0 Å². The Balaban J connectivity index is 1.74. The molecule has 0 heterocycles. The number of hydrogen-bond acceptors (Lipinski definition) is 1. The van der Waals surface area contributed by atoms with Crippen LogP contribution < -0.4 is 0 Å². The zero-order valence-corrected chi connectivity index (χ0v) is 9.76. The van der Waals surface area contributed by atoms with Crippen molar-refractivity contribution in [1.29, 1.82) is 0 Å². The van der Waals surface area contributed by atoms with Crippen LogP contribution in [0.2, 0.25) is 0 Å². The van der Waals surface area contributed by atoms with E-state index in [0.717, 1.165) is 19.3 Å². The molecule has 2 aromatic carbocycles. The quantitative estimate of drug-likeness (QED) is 0.829. The van der Waals surface area contributed by atoms with Crippen LogP contribution in [0.1, 0.15) is 16.7 Å². The van der Waals surface area contributed by atoms with E-state index in [9.17, 15) is 5.11 Å². The highest BCUT2D eigenvalue weighted by Gasteiger charge is 2.21. The number of phenolic OH excluding ortho intramolecular Hbond substituents is 1. The zero-order chi connectivity index (χ0) is 11.7. The van der Waals surface area contributed by atoms with E-state index in [1.165, 1.54) is 16.7 Å². The van der Waals surface area contributed by atoms with Gasteiger partial charge in [-0.05, 0) is 54.0 Å². The van der Waals surface area contributed by atoms with Gasteiger partial charge in [-0.3, -0.25) is 0 Å². The lowest BCUT2D eigenvalue weighted by atomic mass is 9.97. The van der Waals surface area contributed by atoms with Gasteiger partial charge in [-0.2, -0.15) is 0 Å². The van der Waals surface area contributed by atoms with Gasteiger partial charge in [0.1, 0.15) is 5.75 Å². The van der Waals surface area contributed by atoms with Crippen molar-refractivity contribution in [2.24, 2.45) is 5.92 Å². The fraction of sp³-hybridized carbons (Fsp3) is 0.250. The average molecular weight is 224 g/mol. The van der Waals surface area contributed by atoms with Gasteiger partial charge in [-0.1, -0.05) is 36.4 Å². The molecule has 0 fully saturated rings. The van der Waals surface area contributed by atoms with Crippen LogP contribution >= 0.6 is 0 Å². The number of rotatable bonds is 2. The molecule has 1 nitrogen and oxygen atoms in total. The molecule has 86 valence electrons. The molecule has 1 unspecified atom stereocenters.